The fourth-order valence-corrected chi connectivity index (χ4v) is 2.47. The van der Waals surface area contributed by atoms with Crippen LogP contribution in [0.25, 0.3) is 5.69 Å². The van der Waals surface area contributed by atoms with E-state index in [1.54, 1.807) is 0 Å². The van der Waals surface area contributed by atoms with Gasteiger partial charge in [-0.25, -0.2) is 4.68 Å². The Balaban J connectivity index is 0.00000176. The lowest BCUT2D eigenvalue weighted by molar-refractivity contribution is 0.0922. The molecule has 2 aromatic rings. The summed E-state index contributed by atoms with van der Waals surface area (Å²) in [6.45, 7) is 1.74. The highest BCUT2D eigenvalue weighted by Gasteiger charge is 2.21. The Bertz CT molecular complexity index is 624. The van der Waals surface area contributed by atoms with E-state index in [-0.39, 0.29) is 35.8 Å². The van der Waals surface area contributed by atoms with Crippen LogP contribution in [0.2, 0.25) is 0 Å². The number of hydrogen-bond donors (Lipinski definition) is 3. The van der Waals surface area contributed by atoms with Crippen LogP contribution in [0.15, 0.2) is 36.5 Å². The van der Waals surface area contributed by atoms with Gasteiger partial charge in [0.1, 0.15) is 0 Å². The normalized spacial score (nSPS) is 17.5. The maximum Gasteiger partial charge on any atom is 0.275 e. The van der Waals surface area contributed by atoms with Crippen molar-refractivity contribution in [2.75, 3.05) is 13.1 Å². The van der Waals surface area contributed by atoms with Crippen molar-refractivity contribution < 1.29 is 9.90 Å². The molecule has 22 heavy (non-hydrogen) atoms. The van der Waals surface area contributed by atoms with Gasteiger partial charge < -0.3 is 15.7 Å². The lowest BCUT2D eigenvalue weighted by Gasteiger charge is -2.23. The van der Waals surface area contributed by atoms with Gasteiger partial charge >= 0.3 is 0 Å². The Morgan fingerprint density at radius 2 is 2.14 bits per heavy atom. The summed E-state index contributed by atoms with van der Waals surface area (Å²) < 4.78 is 1.50. The Hall–Kier alpha value is -2.05. The third kappa shape index (κ3) is 3.58. The first-order valence-electron chi connectivity index (χ1n) is 7.09. The van der Waals surface area contributed by atoms with Gasteiger partial charge in [0.05, 0.1) is 11.9 Å². The number of aromatic hydroxyl groups is 1. The summed E-state index contributed by atoms with van der Waals surface area (Å²) in [7, 11) is 0. The Kier molecular flexibility index (Phi) is 5.41. The third-order valence-electron chi connectivity index (χ3n) is 3.56. The fourth-order valence-electron chi connectivity index (χ4n) is 2.47. The molecular formula is C15H19ClN4O2. The molecule has 2 heterocycles. The topological polar surface area (TPSA) is 79.2 Å². The van der Waals surface area contributed by atoms with Crippen molar-refractivity contribution in [3.63, 3.8) is 0 Å². The minimum absolute atomic E-state index is 0. The third-order valence-corrected chi connectivity index (χ3v) is 3.56. The number of benzene rings is 1. The number of carbonyl (C=O) groups excluding carboxylic acids is 1. The van der Waals surface area contributed by atoms with E-state index in [2.05, 4.69) is 15.7 Å². The van der Waals surface area contributed by atoms with E-state index < -0.39 is 0 Å². The van der Waals surface area contributed by atoms with Crippen LogP contribution in [-0.4, -0.2) is 39.9 Å². The number of nitrogens with one attached hydrogen (secondary N) is 2. The van der Waals surface area contributed by atoms with Gasteiger partial charge in [-0.15, -0.1) is 12.4 Å². The Labute approximate surface area is 134 Å². The number of amides is 1. The molecule has 1 aromatic heterocycles. The second-order valence-electron chi connectivity index (χ2n) is 5.16. The molecule has 1 aromatic carbocycles. The second kappa shape index (κ2) is 7.29. The van der Waals surface area contributed by atoms with Crippen molar-refractivity contribution in [2.45, 2.75) is 18.9 Å². The number of para-hydroxylation sites is 1. The molecule has 118 valence electrons. The van der Waals surface area contributed by atoms with E-state index in [1.807, 2.05) is 30.3 Å². The summed E-state index contributed by atoms with van der Waals surface area (Å²) in [5, 5.41) is 20.3. The minimum Gasteiger partial charge on any atom is -0.504 e. The Morgan fingerprint density at radius 3 is 2.82 bits per heavy atom. The summed E-state index contributed by atoms with van der Waals surface area (Å²) in [6, 6.07) is 9.46. The van der Waals surface area contributed by atoms with E-state index in [0.29, 0.717) is 0 Å². The maximum atomic E-state index is 12.2. The number of hydrogen-bond acceptors (Lipinski definition) is 4. The molecule has 1 fully saturated rings. The van der Waals surface area contributed by atoms with E-state index in [1.165, 1.54) is 10.9 Å². The number of piperidine rings is 1. The van der Waals surface area contributed by atoms with Crippen molar-refractivity contribution in [2.24, 2.45) is 0 Å². The smallest absolute Gasteiger partial charge is 0.275 e. The quantitative estimate of drug-likeness (QED) is 0.800. The molecule has 0 spiro atoms. The average molecular weight is 323 g/mol. The van der Waals surface area contributed by atoms with Crippen LogP contribution in [0.5, 0.6) is 5.75 Å². The van der Waals surface area contributed by atoms with Gasteiger partial charge in [-0.05, 0) is 31.5 Å². The summed E-state index contributed by atoms with van der Waals surface area (Å²) in [5.74, 6) is -0.448. The molecule has 1 atom stereocenters. The molecule has 3 N–H and O–H groups in total. The number of rotatable bonds is 3. The van der Waals surface area contributed by atoms with Crippen molar-refractivity contribution in [1.29, 1.82) is 0 Å². The summed E-state index contributed by atoms with van der Waals surface area (Å²) in [5.41, 5.74) is 0.857. The van der Waals surface area contributed by atoms with Crippen molar-refractivity contribution in [3.8, 4) is 11.4 Å². The molecule has 3 rings (SSSR count). The monoisotopic (exact) mass is 322 g/mol. The van der Waals surface area contributed by atoms with Crippen LogP contribution in [0.1, 0.15) is 23.3 Å². The molecule has 1 aliphatic rings. The number of aromatic nitrogens is 2. The van der Waals surface area contributed by atoms with Crippen LogP contribution in [-0.2, 0) is 0 Å². The average Bonchev–Trinajstić information content (AvgIpc) is 2.91. The van der Waals surface area contributed by atoms with Gasteiger partial charge in [-0.1, -0.05) is 18.2 Å². The molecule has 1 saturated heterocycles. The van der Waals surface area contributed by atoms with Crippen LogP contribution in [0.4, 0.5) is 0 Å². The summed E-state index contributed by atoms with van der Waals surface area (Å²) >= 11 is 0. The van der Waals surface area contributed by atoms with Crippen LogP contribution in [0, 0.1) is 0 Å². The van der Waals surface area contributed by atoms with Gasteiger partial charge in [-0.2, -0.15) is 5.10 Å². The van der Waals surface area contributed by atoms with Gasteiger partial charge in [0.25, 0.3) is 5.91 Å². The summed E-state index contributed by atoms with van der Waals surface area (Å²) in [4.78, 5) is 12.2. The highest BCUT2D eigenvalue weighted by Crippen LogP contribution is 2.18. The standard InChI is InChI=1S/C15H18N4O2.ClH/c20-13-10-19(12-6-2-1-3-7-12)18-14(13)15(21)17-11-5-4-8-16-9-11;/h1-3,6-7,10-11,16,20H,4-5,8-9H2,(H,17,21);1H/t11-;/m0./s1. The molecule has 1 amide bonds. The molecule has 0 aliphatic carbocycles. The predicted molar refractivity (Wildman–Crippen MR) is 85.8 cm³/mol. The molecule has 1 aliphatic heterocycles. The van der Waals surface area contributed by atoms with Crippen LogP contribution < -0.4 is 10.6 Å². The molecular weight excluding hydrogens is 304 g/mol. The highest BCUT2D eigenvalue weighted by atomic mass is 35.5. The molecule has 7 heteroatoms. The molecule has 0 bridgehead atoms. The molecule has 6 nitrogen and oxygen atoms in total. The molecule has 0 unspecified atom stereocenters. The van der Waals surface area contributed by atoms with E-state index in [4.69, 9.17) is 0 Å². The highest BCUT2D eigenvalue weighted by molar-refractivity contribution is 5.95. The van der Waals surface area contributed by atoms with Gasteiger partial charge in [0.2, 0.25) is 0 Å². The number of nitrogens with zero attached hydrogens (tertiary/aromatic N) is 2. The first-order chi connectivity index (χ1) is 10.2. The predicted octanol–water partition coefficient (Wildman–Crippen LogP) is 1.48. The largest absolute Gasteiger partial charge is 0.504 e. The maximum absolute atomic E-state index is 12.2. The first kappa shape index (κ1) is 16.3. The fraction of sp³-hybridized carbons (Fsp3) is 0.333. The van der Waals surface area contributed by atoms with Crippen molar-refractivity contribution in [1.82, 2.24) is 20.4 Å². The summed E-state index contributed by atoms with van der Waals surface area (Å²) in [6.07, 6.45) is 3.43. The van der Waals surface area contributed by atoms with E-state index >= 15 is 0 Å². The van der Waals surface area contributed by atoms with Crippen LogP contribution in [0.3, 0.4) is 0 Å². The minimum atomic E-state index is -0.337. The Morgan fingerprint density at radius 1 is 1.36 bits per heavy atom. The zero-order valence-electron chi connectivity index (χ0n) is 12.0. The van der Waals surface area contributed by atoms with Gasteiger partial charge in [0.15, 0.2) is 11.4 Å². The van der Waals surface area contributed by atoms with Gasteiger partial charge in [-0.3, -0.25) is 4.79 Å². The van der Waals surface area contributed by atoms with Crippen molar-refractivity contribution >= 4 is 18.3 Å². The van der Waals surface area contributed by atoms with E-state index in [0.717, 1.165) is 31.6 Å². The van der Waals surface area contributed by atoms with E-state index in [9.17, 15) is 9.90 Å². The zero-order chi connectivity index (χ0) is 14.7. The lowest BCUT2D eigenvalue weighted by atomic mass is 10.1. The van der Waals surface area contributed by atoms with Crippen LogP contribution >= 0.6 is 12.4 Å². The van der Waals surface area contributed by atoms with Gasteiger partial charge in [0, 0.05) is 12.6 Å². The molecule has 0 radical (unpaired) electrons. The first-order valence-corrected chi connectivity index (χ1v) is 7.09. The number of halogens is 1. The zero-order valence-corrected chi connectivity index (χ0v) is 12.8. The second-order valence-corrected chi connectivity index (χ2v) is 5.16. The lowest BCUT2D eigenvalue weighted by Crippen LogP contribution is -2.45. The number of carbonyl (C=O) groups is 1. The SMILES string of the molecule is Cl.O=C(N[C@H]1CCCNC1)c1nn(-c2ccccc2)cc1O. The molecule has 0 saturated carbocycles. The van der Waals surface area contributed by atoms with Crippen molar-refractivity contribution in [3.05, 3.63) is 42.2 Å².